The van der Waals surface area contributed by atoms with E-state index in [0.29, 0.717) is 27.7 Å². The number of carbonyl (C=O) groups is 1. The van der Waals surface area contributed by atoms with Gasteiger partial charge in [-0.15, -0.1) is 0 Å². The van der Waals surface area contributed by atoms with Crippen LogP contribution in [0.1, 0.15) is 34.8 Å². The molecule has 0 aliphatic heterocycles. The number of benzene rings is 2. The summed E-state index contributed by atoms with van der Waals surface area (Å²) in [7, 11) is 0. The molecule has 0 saturated heterocycles. The van der Waals surface area contributed by atoms with Gasteiger partial charge in [0.2, 0.25) is 5.91 Å². The van der Waals surface area contributed by atoms with Crippen LogP contribution in [0.4, 0.5) is 0 Å². The molecule has 0 radical (unpaired) electrons. The predicted molar refractivity (Wildman–Crippen MR) is 120 cm³/mol. The van der Waals surface area contributed by atoms with Crippen molar-refractivity contribution >= 4 is 17.5 Å². The van der Waals surface area contributed by atoms with Gasteiger partial charge >= 0.3 is 0 Å². The van der Waals surface area contributed by atoms with Crippen molar-refractivity contribution in [2.45, 2.75) is 38.8 Å². The minimum atomic E-state index is -0.321. The minimum Gasteiger partial charge on any atom is -0.396 e. The number of hydrogen-bond acceptors (Lipinski definition) is 4. The first-order chi connectivity index (χ1) is 15.0. The Morgan fingerprint density at radius 3 is 2.84 bits per heavy atom. The average Bonchev–Trinajstić information content (AvgIpc) is 3.16. The van der Waals surface area contributed by atoms with Gasteiger partial charge in [0.25, 0.3) is 5.56 Å². The Morgan fingerprint density at radius 1 is 1.26 bits per heavy atom. The van der Waals surface area contributed by atoms with Crippen molar-refractivity contribution < 1.29 is 9.90 Å². The normalized spacial score (nSPS) is 15.0. The van der Waals surface area contributed by atoms with E-state index in [1.807, 2.05) is 18.2 Å². The monoisotopic (exact) mass is 437 g/mol. The van der Waals surface area contributed by atoms with Crippen molar-refractivity contribution in [3.63, 3.8) is 0 Å². The molecule has 160 valence electrons. The molecule has 0 fully saturated rings. The molecule has 1 aromatic heterocycles. The zero-order valence-corrected chi connectivity index (χ0v) is 18.0. The van der Waals surface area contributed by atoms with Crippen LogP contribution in [0.2, 0.25) is 5.02 Å². The van der Waals surface area contributed by atoms with Crippen LogP contribution in [-0.4, -0.2) is 27.2 Å². The second-order valence-corrected chi connectivity index (χ2v) is 8.17. The largest absolute Gasteiger partial charge is 0.396 e. The molecule has 0 bridgehead atoms. The summed E-state index contributed by atoms with van der Waals surface area (Å²) in [4.78, 5) is 30.8. The Labute approximate surface area is 185 Å². The standard InChI is InChI=1S/C24H24ClN3O3/c1-15-19(11-12-29)24(31)28(23(26-15)17-6-4-7-18(25)13-17)14-22(30)27-21-10-9-16-5-2-3-8-20(16)21/h2-8,13,21,29H,9-12,14H2,1H3,(H,27,30). The van der Waals surface area contributed by atoms with E-state index in [2.05, 4.69) is 16.4 Å². The number of fused-ring (bicyclic) bond motifs is 1. The average molecular weight is 438 g/mol. The molecule has 2 aromatic carbocycles. The van der Waals surface area contributed by atoms with Gasteiger partial charge in [-0.1, -0.05) is 48.0 Å². The summed E-state index contributed by atoms with van der Waals surface area (Å²) in [6, 6.07) is 15.1. The Hall–Kier alpha value is -2.96. The highest BCUT2D eigenvalue weighted by atomic mass is 35.5. The summed E-state index contributed by atoms with van der Waals surface area (Å²) in [5.74, 6) is 0.126. The van der Waals surface area contributed by atoms with E-state index in [0.717, 1.165) is 18.4 Å². The summed E-state index contributed by atoms with van der Waals surface area (Å²) in [6.45, 7) is 1.41. The number of rotatable bonds is 6. The number of nitrogens with zero attached hydrogens (tertiary/aromatic N) is 2. The molecule has 1 amide bonds. The van der Waals surface area contributed by atoms with Gasteiger partial charge in [-0.3, -0.25) is 14.2 Å². The van der Waals surface area contributed by atoms with Gasteiger partial charge < -0.3 is 10.4 Å². The second-order valence-electron chi connectivity index (χ2n) is 7.73. The van der Waals surface area contributed by atoms with Gasteiger partial charge in [-0.05, 0) is 43.0 Å². The van der Waals surface area contributed by atoms with Crippen LogP contribution in [0, 0.1) is 6.92 Å². The third-order valence-corrected chi connectivity index (χ3v) is 5.92. The molecular weight excluding hydrogens is 414 g/mol. The van der Waals surface area contributed by atoms with Crippen LogP contribution in [0.25, 0.3) is 11.4 Å². The smallest absolute Gasteiger partial charge is 0.257 e. The number of aromatic nitrogens is 2. The Balaban J connectivity index is 1.68. The van der Waals surface area contributed by atoms with Crippen molar-refractivity contribution in [3.05, 3.63) is 86.3 Å². The number of carbonyl (C=O) groups excluding carboxylic acids is 1. The fourth-order valence-corrected chi connectivity index (χ4v) is 4.38. The van der Waals surface area contributed by atoms with Crippen molar-refractivity contribution in [2.24, 2.45) is 0 Å². The fraction of sp³-hybridized carbons (Fsp3) is 0.292. The summed E-state index contributed by atoms with van der Waals surface area (Å²) < 4.78 is 1.37. The lowest BCUT2D eigenvalue weighted by Crippen LogP contribution is -2.36. The topological polar surface area (TPSA) is 84.2 Å². The molecule has 1 heterocycles. The summed E-state index contributed by atoms with van der Waals surface area (Å²) in [6.07, 6.45) is 1.94. The van der Waals surface area contributed by atoms with E-state index < -0.39 is 0 Å². The Kier molecular flexibility index (Phi) is 6.20. The third-order valence-electron chi connectivity index (χ3n) is 5.68. The highest BCUT2D eigenvalue weighted by Gasteiger charge is 2.24. The number of nitrogens with one attached hydrogen (secondary N) is 1. The van der Waals surface area contributed by atoms with Crippen molar-refractivity contribution in [3.8, 4) is 11.4 Å². The Morgan fingerprint density at radius 2 is 2.06 bits per heavy atom. The molecule has 1 atom stereocenters. The molecule has 0 saturated carbocycles. The van der Waals surface area contributed by atoms with Crippen LogP contribution in [0.3, 0.4) is 0 Å². The van der Waals surface area contributed by atoms with Crippen molar-refractivity contribution in [1.82, 2.24) is 14.9 Å². The number of amides is 1. The second kappa shape index (κ2) is 9.04. The Bertz CT molecular complexity index is 1190. The lowest BCUT2D eigenvalue weighted by atomic mass is 10.1. The van der Waals surface area contributed by atoms with Gasteiger partial charge in [0, 0.05) is 34.9 Å². The van der Waals surface area contributed by atoms with Crippen molar-refractivity contribution in [2.75, 3.05) is 6.61 Å². The highest BCUT2D eigenvalue weighted by Crippen LogP contribution is 2.30. The van der Waals surface area contributed by atoms with Gasteiger partial charge in [0.1, 0.15) is 12.4 Å². The van der Waals surface area contributed by atoms with Gasteiger partial charge in [-0.2, -0.15) is 0 Å². The molecule has 31 heavy (non-hydrogen) atoms. The van der Waals surface area contributed by atoms with E-state index in [1.165, 1.54) is 10.1 Å². The summed E-state index contributed by atoms with van der Waals surface area (Å²) in [5, 5.41) is 13.0. The molecule has 7 heteroatoms. The van der Waals surface area contributed by atoms with Gasteiger partial charge in [0.05, 0.1) is 6.04 Å². The van der Waals surface area contributed by atoms with E-state index in [4.69, 9.17) is 11.6 Å². The molecule has 4 rings (SSSR count). The molecule has 6 nitrogen and oxygen atoms in total. The van der Waals surface area contributed by atoms with Crippen molar-refractivity contribution in [1.29, 1.82) is 0 Å². The number of aryl methyl sites for hydroxylation is 2. The number of halogens is 1. The first kappa shape index (κ1) is 21.3. The maximum atomic E-state index is 13.2. The maximum absolute atomic E-state index is 13.2. The maximum Gasteiger partial charge on any atom is 0.257 e. The van der Waals surface area contributed by atoms with E-state index >= 15 is 0 Å². The lowest BCUT2D eigenvalue weighted by molar-refractivity contribution is -0.122. The highest BCUT2D eigenvalue weighted by molar-refractivity contribution is 6.30. The molecule has 1 aliphatic rings. The first-order valence-corrected chi connectivity index (χ1v) is 10.7. The summed E-state index contributed by atoms with van der Waals surface area (Å²) in [5.41, 5.74) is 3.65. The fourth-order valence-electron chi connectivity index (χ4n) is 4.19. The number of aliphatic hydroxyl groups excluding tert-OH is 1. The van der Waals surface area contributed by atoms with Crippen LogP contribution in [0.15, 0.2) is 53.3 Å². The first-order valence-electron chi connectivity index (χ1n) is 10.3. The number of hydrogen-bond donors (Lipinski definition) is 2. The zero-order valence-electron chi connectivity index (χ0n) is 17.3. The zero-order chi connectivity index (χ0) is 22.0. The number of aliphatic hydroxyl groups is 1. The SMILES string of the molecule is Cc1nc(-c2cccc(Cl)c2)n(CC(=O)NC2CCc3ccccc32)c(=O)c1CCO. The molecule has 3 aromatic rings. The lowest BCUT2D eigenvalue weighted by Gasteiger charge is -2.18. The van der Waals surface area contributed by atoms with Gasteiger partial charge in [-0.25, -0.2) is 4.98 Å². The molecule has 0 spiro atoms. The molecule has 2 N–H and O–H groups in total. The van der Waals surface area contributed by atoms with Crippen LogP contribution in [0.5, 0.6) is 0 Å². The summed E-state index contributed by atoms with van der Waals surface area (Å²) >= 11 is 6.15. The van der Waals surface area contributed by atoms with E-state index in [-0.39, 0.29) is 37.1 Å². The minimum absolute atomic E-state index is 0.0654. The molecular formula is C24H24ClN3O3. The predicted octanol–water partition coefficient (Wildman–Crippen LogP) is 3.21. The van der Waals surface area contributed by atoms with Gasteiger partial charge in [0.15, 0.2) is 0 Å². The van der Waals surface area contributed by atoms with Crippen LogP contribution < -0.4 is 10.9 Å². The quantitative estimate of drug-likeness (QED) is 0.620. The van der Waals surface area contributed by atoms with E-state index in [9.17, 15) is 14.7 Å². The molecule has 1 unspecified atom stereocenters. The molecule has 1 aliphatic carbocycles. The van der Waals surface area contributed by atoms with Crippen LogP contribution >= 0.6 is 11.6 Å². The van der Waals surface area contributed by atoms with Crippen LogP contribution in [-0.2, 0) is 24.2 Å². The third kappa shape index (κ3) is 4.40. The van der Waals surface area contributed by atoms with E-state index in [1.54, 1.807) is 31.2 Å².